The molecule has 2 aromatic rings. The highest BCUT2D eigenvalue weighted by Gasteiger charge is 2.26. The summed E-state index contributed by atoms with van der Waals surface area (Å²) in [7, 11) is 0. The number of nitrogens with one attached hydrogen (secondary N) is 2. The second-order valence-electron chi connectivity index (χ2n) is 11.7. The van der Waals surface area contributed by atoms with Gasteiger partial charge in [0.2, 0.25) is 0 Å². The number of benzene rings is 1. The minimum Gasteiger partial charge on any atom is -0.444 e. The maximum Gasteiger partial charge on any atom is 0.410 e. The van der Waals surface area contributed by atoms with E-state index in [0.29, 0.717) is 43.4 Å². The number of carbonyl (C=O) groups is 2. The van der Waals surface area contributed by atoms with Crippen molar-refractivity contribution in [2.75, 3.05) is 32.7 Å². The molecule has 0 spiro atoms. The van der Waals surface area contributed by atoms with Crippen LogP contribution in [0.5, 0.6) is 0 Å². The van der Waals surface area contributed by atoms with Gasteiger partial charge in [0.1, 0.15) is 17.1 Å². The van der Waals surface area contributed by atoms with Gasteiger partial charge in [-0.2, -0.15) is 0 Å². The van der Waals surface area contributed by atoms with E-state index in [4.69, 9.17) is 16.3 Å². The Bertz CT molecular complexity index is 1270. The molecule has 0 aliphatic carbocycles. The van der Waals surface area contributed by atoms with Crippen LogP contribution < -0.4 is 5.32 Å². The summed E-state index contributed by atoms with van der Waals surface area (Å²) in [5.74, 6) is -0.342. The number of H-pyrrole nitrogens is 1. The second-order valence-corrected chi connectivity index (χ2v) is 12.3. The fraction of sp³-hybridized carbons (Fsp3) is 0.471. The number of aromatic amines is 1. The first-order chi connectivity index (χ1) is 20.2. The zero-order chi connectivity index (χ0) is 32.2. The van der Waals surface area contributed by atoms with E-state index in [1.807, 2.05) is 46.8 Å². The summed E-state index contributed by atoms with van der Waals surface area (Å²) in [5, 5.41) is 3.70. The number of carbonyl (C=O) groups excluding carboxylic acids is 2. The number of halogens is 2. The van der Waals surface area contributed by atoms with Gasteiger partial charge in [0.15, 0.2) is 0 Å². The summed E-state index contributed by atoms with van der Waals surface area (Å²) in [4.78, 5) is 32.6. The molecule has 0 atom stereocenters. The summed E-state index contributed by atoms with van der Waals surface area (Å²) < 4.78 is 17.6. The van der Waals surface area contributed by atoms with Crippen LogP contribution in [0.25, 0.3) is 12.2 Å². The number of amides is 2. The fourth-order valence-electron chi connectivity index (χ4n) is 4.26. The summed E-state index contributed by atoms with van der Waals surface area (Å²) in [6.07, 6.45) is 7.54. The van der Waals surface area contributed by atoms with Crippen LogP contribution in [-0.2, 0) is 4.74 Å². The van der Waals surface area contributed by atoms with Gasteiger partial charge < -0.3 is 24.8 Å². The number of rotatable bonds is 8. The summed E-state index contributed by atoms with van der Waals surface area (Å²) in [6, 6.07) is 8.23. The lowest BCUT2D eigenvalue weighted by Crippen LogP contribution is -2.50. The van der Waals surface area contributed by atoms with Crippen molar-refractivity contribution >= 4 is 35.8 Å². The molecule has 236 valence electrons. The molecule has 0 radical (unpaired) electrons. The monoisotopic (exact) mass is 614 g/mol. The maximum absolute atomic E-state index is 13.0. The van der Waals surface area contributed by atoms with E-state index in [2.05, 4.69) is 48.1 Å². The van der Waals surface area contributed by atoms with Crippen molar-refractivity contribution in [2.45, 2.75) is 73.8 Å². The first-order valence-electron chi connectivity index (χ1n) is 14.9. The largest absolute Gasteiger partial charge is 0.444 e. The fourth-order valence-corrected chi connectivity index (χ4v) is 4.38. The molecule has 9 heteroatoms. The predicted molar refractivity (Wildman–Crippen MR) is 175 cm³/mol. The van der Waals surface area contributed by atoms with E-state index in [9.17, 15) is 14.0 Å². The number of nitrogens with zero attached hydrogens (tertiary/aromatic N) is 2. The Morgan fingerprint density at radius 3 is 2.16 bits per heavy atom. The van der Waals surface area contributed by atoms with Gasteiger partial charge >= 0.3 is 6.09 Å². The number of allylic oxidation sites excluding steroid dienone is 3. The van der Waals surface area contributed by atoms with Crippen LogP contribution in [0, 0.1) is 12.7 Å². The zero-order valence-corrected chi connectivity index (χ0v) is 27.7. The van der Waals surface area contributed by atoms with Crippen molar-refractivity contribution in [2.24, 2.45) is 0 Å². The van der Waals surface area contributed by atoms with Gasteiger partial charge in [-0.3, -0.25) is 4.79 Å². The minimum atomic E-state index is -0.507. The lowest BCUT2D eigenvalue weighted by atomic mass is 10.1. The summed E-state index contributed by atoms with van der Waals surface area (Å²) in [5.41, 5.74) is 5.10. The molecule has 0 unspecified atom stereocenters. The molecule has 1 fully saturated rings. The summed E-state index contributed by atoms with van der Waals surface area (Å²) in [6.45, 7) is 18.6. The molecule has 2 N–H and O–H groups in total. The molecule has 0 bridgehead atoms. The Morgan fingerprint density at radius 2 is 1.65 bits per heavy atom. The van der Waals surface area contributed by atoms with Crippen molar-refractivity contribution in [3.05, 3.63) is 81.0 Å². The number of hydrogen-bond acceptors (Lipinski definition) is 4. The van der Waals surface area contributed by atoms with Crippen LogP contribution in [0.4, 0.5) is 9.18 Å². The molecule has 7 nitrogen and oxygen atoms in total. The molecule has 1 aromatic heterocycles. The second kappa shape index (κ2) is 16.9. The van der Waals surface area contributed by atoms with Crippen LogP contribution in [0.3, 0.4) is 0 Å². The van der Waals surface area contributed by atoms with E-state index in [1.54, 1.807) is 17.0 Å². The third kappa shape index (κ3) is 12.7. The van der Waals surface area contributed by atoms with E-state index in [1.165, 1.54) is 17.7 Å². The van der Waals surface area contributed by atoms with Crippen molar-refractivity contribution in [3.63, 3.8) is 0 Å². The third-order valence-corrected chi connectivity index (χ3v) is 6.75. The molecule has 1 aliphatic heterocycles. The van der Waals surface area contributed by atoms with Crippen molar-refractivity contribution in [3.8, 4) is 0 Å². The number of aromatic nitrogens is 1. The SMILES string of the molecule is CC/C=C(\CNC(=O)c1cc(/C=C(\C)Cl)c(C=C(C)CC)[nH]1)N1CCN(C(=O)OC(C)(C)C)CC1.Cc1ccc(F)cc1. The molecule has 3 rings (SSSR count). The highest BCUT2D eigenvalue weighted by molar-refractivity contribution is 6.31. The molecule has 2 heterocycles. The van der Waals surface area contributed by atoms with Gasteiger partial charge in [-0.1, -0.05) is 54.8 Å². The van der Waals surface area contributed by atoms with Crippen LogP contribution in [0.1, 0.15) is 88.6 Å². The Hall–Kier alpha value is -3.52. The molecular weight excluding hydrogens is 567 g/mol. The van der Waals surface area contributed by atoms with Gasteiger partial charge in [0.05, 0.1) is 6.54 Å². The standard InChI is InChI=1S/C27H41ClN4O3.C7H7F/c1-8-10-22(31-11-13-32(14-12-31)26(34)35-27(5,6)7)18-29-25(33)24-17-21(16-20(4)28)23(30-24)15-19(3)9-2;1-6-2-4-7(8)5-3-6/h10,15-17,30H,8-9,11-14,18H2,1-7H3,(H,29,33);2-5H,1H3/b19-15?,20-16+,22-10+;. The van der Waals surface area contributed by atoms with Crippen molar-refractivity contribution in [1.29, 1.82) is 0 Å². The van der Waals surface area contributed by atoms with Gasteiger partial charge in [-0.05, 0) is 84.7 Å². The quantitative estimate of drug-likeness (QED) is 0.315. The van der Waals surface area contributed by atoms with Crippen molar-refractivity contribution in [1.82, 2.24) is 20.1 Å². The minimum absolute atomic E-state index is 0.171. The summed E-state index contributed by atoms with van der Waals surface area (Å²) >= 11 is 6.11. The molecule has 2 amide bonds. The van der Waals surface area contributed by atoms with E-state index in [0.717, 1.165) is 35.4 Å². The molecule has 43 heavy (non-hydrogen) atoms. The Labute approximate surface area is 261 Å². The average molecular weight is 615 g/mol. The highest BCUT2D eigenvalue weighted by Crippen LogP contribution is 2.21. The molecule has 1 saturated heterocycles. The van der Waals surface area contributed by atoms with E-state index < -0.39 is 5.60 Å². The average Bonchev–Trinajstić information content (AvgIpc) is 3.33. The number of piperazine rings is 1. The molecule has 0 saturated carbocycles. The predicted octanol–water partition coefficient (Wildman–Crippen LogP) is 8.14. The third-order valence-electron chi connectivity index (χ3n) is 6.65. The maximum atomic E-state index is 13.0. The zero-order valence-electron chi connectivity index (χ0n) is 26.9. The van der Waals surface area contributed by atoms with Crippen LogP contribution in [0.15, 0.2) is 52.7 Å². The Morgan fingerprint density at radius 1 is 1.05 bits per heavy atom. The topological polar surface area (TPSA) is 77.7 Å². The highest BCUT2D eigenvalue weighted by atomic mass is 35.5. The normalized spacial score (nSPS) is 14.7. The van der Waals surface area contributed by atoms with Gasteiger partial charge in [-0.15, -0.1) is 0 Å². The van der Waals surface area contributed by atoms with Gasteiger partial charge in [0, 0.05) is 48.2 Å². The molecule has 1 aliphatic rings. The number of hydrogen-bond donors (Lipinski definition) is 2. The van der Waals surface area contributed by atoms with Gasteiger partial charge in [-0.25, -0.2) is 9.18 Å². The first-order valence-corrected chi connectivity index (χ1v) is 15.3. The lowest BCUT2D eigenvalue weighted by Gasteiger charge is -2.38. The first kappa shape index (κ1) is 35.7. The van der Waals surface area contributed by atoms with E-state index >= 15 is 0 Å². The van der Waals surface area contributed by atoms with Crippen LogP contribution in [0.2, 0.25) is 0 Å². The van der Waals surface area contributed by atoms with Crippen molar-refractivity contribution < 1.29 is 18.7 Å². The molecule has 1 aromatic carbocycles. The number of ether oxygens (including phenoxy) is 1. The smallest absolute Gasteiger partial charge is 0.410 e. The van der Waals surface area contributed by atoms with Crippen LogP contribution >= 0.6 is 11.6 Å². The molecular formula is C34H48ClFN4O3. The Kier molecular flexibility index (Phi) is 14.1. The lowest BCUT2D eigenvalue weighted by molar-refractivity contribution is 0.0167. The van der Waals surface area contributed by atoms with E-state index in [-0.39, 0.29) is 17.8 Å². The van der Waals surface area contributed by atoms with Gasteiger partial charge in [0.25, 0.3) is 5.91 Å². The Balaban J connectivity index is 0.000000694. The van der Waals surface area contributed by atoms with Crippen LogP contribution in [-0.4, -0.2) is 65.1 Å². The number of aryl methyl sites for hydroxylation is 1.